The molecule has 1 aromatic carbocycles. The number of morpholine rings is 1. The zero-order valence-corrected chi connectivity index (χ0v) is 18.7. The number of nitrogens with zero attached hydrogens (tertiary/aromatic N) is 2. The van der Waals surface area contributed by atoms with Crippen molar-refractivity contribution < 1.29 is 14.2 Å². The van der Waals surface area contributed by atoms with Gasteiger partial charge in [0, 0.05) is 26.2 Å². The minimum Gasteiger partial charge on any atom is -0.493 e. The molecule has 1 aliphatic rings. The first kappa shape index (κ1) is 23.8. The Morgan fingerprint density at radius 1 is 1.19 bits per heavy atom. The number of guanidine groups is 1. The summed E-state index contributed by atoms with van der Waals surface area (Å²) >= 11 is 0. The fourth-order valence-corrected chi connectivity index (χ4v) is 2.92. The van der Waals surface area contributed by atoms with Crippen LogP contribution in [0, 0.1) is 0 Å². The van der Waals surface area contributed by atoms with E-state index in [0.717, 1.165) is 70.2 Å². The van der Waals surface area contributed by atoms with Gasteiger partial charge < -0.3 is 25.3 Å². The quantitative estimate of drug-likeness (QED) is 0.225. The molecule has 8 heteroatoms. The second-order valence-electron chi connectivity index (χ2n) is 6.29. The summed E-state index contributed by atoms with van der Waals surface area (Å²) in [7, 11) is 3.29. The van der Waals surface area contributed by atoms with Crippen LogP contribution in [0.25, 0.3) is 0 Å². The number of halogens is 1. The van der Waals surface area contributed by atoms with Crippen LogP contribution >= 0.6 is 24.0 Å². The number of aryl methyl sites for hydroxylation is 1. The van der Waals surface area contributed by atoms with E-state index in [2.05, 4.69) is 21.3 Å². The van der Waals surface area contributed by atoms with Gasteiger partial charge in [-0.3, -0.25) is 9.89 Å². The van der Waals surface area contributed by atoms with Crippen LogP contribution < -0.4 is 20.5 Å². The minimum atomic E-state index is 0. The summed E-state index contributed by atoms with van der Waals surface area (Å²) in [6.45, 7) is 6.37. The summed E-state index contributed by atoms with van der Waals surface area (Å²) < 4.78 is 15.9. The van der Waals surface area contributed by atoms with Crippen LogP contribution in [-0.2, 0) is 11.2 Å². The lowest BCUT2D eigenvalue weighted by Gasteiger charge is -2.26. The summed E-state index contributed by atoms with van der Waals surface area (Å²) in [6.07, 6.45) is 2.92. The van der Waals surface area contributed by atoms with Crippen LogP contribution in [0.5, 0.6) is 11.5 Å². The minimum absolute atomic E-state index is 0. The summed E-state index contributed by atoms with van der Waals surface area (Å²) in [6, 6.07) is 6.00. The molecule has 0 atom stereocenters. The molecule has 3 N–H and O–H groups in total. The van der Waals surface area contributed by atoms with Crippen molar-refractivity contribution in [2.75, 3.05) is 60.2 Å². The maximum Gasteiger partial charge on any atom is 0.188 e. The molecule has 0 spiro atoms. The summed E-state index contributed by atoms with van der Waals surface area (Å²) in [5.41, 5.74) is 7.13. The Kier molecular flexibility index (Phi) is 12.2. The standard InChI is InChI=1S/C19H32N4O3.HI/c1-24-17-7-6-16(15-18(17)25-2)5-3-8-21-19(20)22-9-4-10-23-11-13-26-14-12-23;/h6-7,15H,3-5,8-14H2,1-2H3,(H3,20,21,22);1H. The molecule has 0 unspecified atom stereocenters. The molecule has 1 saturated heterocycles. The smallest absolute Gasteiger partial charge is 0.188 e. The van der Waals surface area contributed by atoms with Crippen LogP contribution in [0.3, 0.4) is 0 Å². The highest BCUT2D eigenvalue weighted by Gasteiger charge is 2.09. The van der Waals surface area contributed by atoms with Gasteiger partial charge in [0.2, 0.25) is 0 Å². The normalized spacial score (nSPS) is 15.1. The lowest BCUT2D eigenvalue weighted by atomic mass is 10.1. The Morgan fingerprint density at radius 3 is 2.63 bits per heavy atom. The van der Waals surface area contributed by atoms with Gasteiger partial charge in [-0.25, -0.2) is 0 Å². The molecule has 1 heterocycles. The van der Waals surface area contributed by atoms with E-state index in [4.69, 9.17) is 19.9 Å². The highest BCUT2D eigenvalue weighted by molar-refractivity contribution is 14.0. The molecular formula is C19H33IN4O3. The van der Waals surface area contributed by atoms with E-state index in [1.54, 1.807) is 14.2 Å². The van der Waals surface area contributed by atoms with Crippen LogP contribution in [0.4, 0.5) is 0 Å². The van der Waals surface area contributed by atoms with Gasteiger partial charge in [-0.2, -0.15) is 0 Å². The molecule has 27 heavy (non-hydrogen) atoms. The van der Waals surface area contributed by atoms with E-state index in [1.807, 2.05) is 12.1 Å². The average Bonchev–Trinajstić information content (AvgIpc) is 2.69. The van der Waals surface area contributed by atoms with Gasteiger partial charge in [-0.15, -0.1) is 24.0 Å². The van der Waals surface area contributed by atoms with Crippen molar-refractivity contribution >= 4 is 29.9 Å². The van der Waals surface area contributed by atoms with E-state index in [0.29, 0.717) is 12.5 Å². The largest absolute Gasteiger partial charge is 0.493 e. The summed E-state index contributed by atoms with van der Waals surface area (Å²) in [5.74, 6) is 2.04. The number of methoxy groups -OCH3 is 2. The molecule has 0 aromatic heterocycles. The fourth-order valence-electron chi connectivity index (χ4n) is 2.92. The van der Waals surface area contributed by atoms with Gasteiger partial charge >= 0.3 is 0 Å². The molecule has 154 valence electrons. The van der Waals surface area contributed by atoms with Crippen molar-refractivity contribution in [3.05, 3.63) is 23.8 Å². The zero-order valence-electron chi connectivity index (χ0n) is 16.4. The maximum atomic E-state index is 5.92. The lowest BCUT2D eigenvalue weighted by Crippen LogP contribution is -2.39. The Labute approximate surface area is 179 Å². The Hall–Kier alpha value is -1.26. The monoisotopic (exact) mass is 492 g/mol. The van der Waals surface area contributed by atoms with Gasteiger partial charge in [0.25, 0.3) is 0 Å². The van der Waals surface area contributed by atoms with Crippen molar-refractivity contribution in [1.29, 1.82) is 0 Å². The Morgan fingerprint density at radius 2 is 1.93 bits per heavy atom. The van der Waals surface area contributed by atoms with Gasteiger partial charge in [-0.1, -0.05) is 6.07 Å². The number of ether oxygens (including phenoxy) is 3. The number of rotatable bonds is 10. The molecule has 0 bridgehead atoms. The number of hydrogen-bond acceptors (Lipinski definition) is 5. The van der Waals surface area contributed by atoms with Crippen LogP contribution in [0.15, 0.2) is 23.2 Å². The molecule has 7 nitrogen and oxygen atoms in total. The van der Waals surface area contributed by atoms with Crippen molar-refractivity contribution in [1.82, 2.24) is 10.2 Å². The SMILES string of the molecule is COc1ccc(CCCN=C(N)NCCCN2CCOCC2)cc1OC.I. The molecular weight excluding hydrogens is 459 g/mol. The van der Waals surface area contributed by atoms with E-state index in [9.17, 15) is 0 Å². The van der Waals surface area contributed by atoms with E-state index >= 15 is 0 Å². The zero-order chi connectivity index (χ0) is 18.6. The third-order valence-electron chi connectivity index (χ3n) is 4.41. The van der Waals surface area contributed by atoms with Crippen molar-refractivity contribution in [3.63, 3.8) is 0 Å². The number of hydrogen-bond donors (Lipinski definition) is 2. The molecule has 0 saturated carbocycles. The van der Waals surface area contributed by atoms with Gasteiger partial charge in [-0.05, 0) is 43.5 Å². The molecule has 0 aliphatic carbocycles. The molecule has 0 radical (unpaired) electrons. The third-order valence-corrected chi connectivity index (χ3v) is 4.41. The molecule has 2 rings (SSSR count). The number of nitrogens with two attached hydrogens (primary N) is 1. The first-order valence-corrected chi connectivity index (χ1v) is 9.27. The molecule has 1 fully saturated rings. The molecule has 0 amide bonds. The van der Waals surface area contributed by atoms with Gasteiger partial charge in [0.15, 0.2) is 17.5 Å². The predicted octanol–water partition coefficient (Wildman–Crippen LogP) is 1.88. The summed E-state index contributed by atoms with van der Waals surface area (Å²) in [4.78, 5) is 6.81. The van der Waals surface area contributed by atoms with E-state index in [-0.39, 0.29) is 24.0 Å². The van der Waals surface area contributed by atoms with Gasteiger partial charge in [0.1, 0.15) is 0 Å². The van der Waals surface area contributed by atoms with E-state index in [1.165, 1.54) is 5.56 Å². The topological polar surface area (TPSA) is 81.3 Å². The Bertz CT molecular complexity index is 566. The molecule has 1 aromatic rings. The average molecular weight is 492 g/mol. The number of benzene rings is 1. The van der Waals surface area contributed by atoms with Crippen molar-refractivity contribution in [2.24, 2.45) is 10.7 Å². The van der Waals surface area contributed by atoms with E-state index < -0.39 is 0 Å². The third kappa shape index (κ3) is 8.98. The second kappa shape index (κ2) is 13.8. The highest BCUT2D eigenvalue weighted by atomic mass is 127. The van der Waals surface area contributed by atoms with Crippen molar-refractivity contribution in [3.8, 4) is 11.5 Å². The maximum absolute atomic E-state index is 5.92. The Balaban J connectivity index is 0.00000364. The fraction of sp³-hybridized carbons (Fsp3) is 0.632. The second-order valence-corrected chi connectivity index (χ2v) is 6.29. The number of aliphatic imine (C=N–C) groups is 1. The molecule has 1 aliphatic heterocycles. The van der Waals surface area contributed by atoms with Gasteiger partial charge in [0.05, 0.1) is 27.4 Å². The number of nitrogens with one attached hydrogen (secondary N) is 1. The lowest BCUT2D eigenvalue weighted by molar-refractivity contribution is 0.0376. The van der Waals surface area contributed by atoms with Crippen LogP contribution in [-0.4, -0.2) is 71.0 Å². The van der Waals surface area contributed by atoms with Crippen LogP contribution in [0.1, 0.15) is 18.4 Å². The first-order chi connectivity index (χ1) is 12.7. The van der Waals surface area contributed by atoms with Crippen molar-refractivity contribution in [2.45, 2.75) is 19.3 Å². The predicted molar refractivity (Wildman–Crippen MR) is 120 cm³/mol. The summed E-state index contributed by atoms with van der Waals surface area (Å²) in [5, 5.41) is 3.19. The first-order valence-electron chi connectivity index (χ1n) is 9.27. The van der Waals surface area contributed by atoms with Crippen LogP contribution in [0.2, 0.25) is 0 Å². The highest BCUT2D eigenvalue weighted by Crippen LogP contribution is 2.27.